The van der Waals surface area contributed by atoms with E-state index in [9.17, 15) is 55.7 Å². The number of aromatic nitrogens is 4. The summed E-state index contributed by atoms with van der Waals surface area (Å²) >= 11 is -0.499. The van der Waals surface area contributed by atoms with Gasteiger partial charge in [0, 0.05) is 102 Å². The van der Waals surface area contributed by atoms with Crippen molar-refractivity contribution in [3.05, 3.63) is 233 Å². The molecule has 0 spiro atoms. The maximum atomic E-state index is 15.1. The smallest absolute Gasteiger partial charge is 0.336 e. The van der Waals surface area contributed by atoms with Gasteiger partial charge < -0.3 is 28.7 Å². The second kappa shape index (κ2) is 32.9. The minimum atomic E-state index is -5.29. The Hall–Kier alpha value is -7.92. The standard InChI is InChI=1S/2C37H40F4N4O2S/c1-4-43(5-2)18-19-44(22-26-6-10-28(11-7-26)29-12-14-30(15-13-29)37(39,40)41)34(46)23-45-33-21-25(3)20-32(33)35(47)42-36(45)48-24-27-8-16-31(38)17-9-27;1-4-43(5-2)19-20-44(22-26-9-13-28(14-10-26)29-15-18-32(25(3)21-29)37(39,40)41)34(46)23-45-33-8-6-7-31(33)35(47)42-36(45)48-24-27-11-16-30(38)17-12-27/h6-17,25H,4-5,18-24H2,1-3H3;9-18,21H,4-8,19-20,22-24H2,1-3H3/i4D2,5D2,8D,9D,16D,17D,18D2,19D2,20D2,21D2,22D2,24D2,25D;4D2,5D2,9D,10D,11D,12D,13D,14D,15D,16D,17D,18D,19D2,20D2,21D,22D2,24D2. The first kappa shape index (κ1) is 34.0. The number of rotatable bonds is 26. The van der Waals surface area contributed by atoms with Crippen LogP contribution in [0.2, 0.25) is 0 Å². The van der Waals surface area contributed by atoms with E-state index in [1.807, 2.05) is 0 Å². The molecular formula is C74H80F8N8O4S2. The fraction of sp³-hybridized carbons (Fsp3) is 0.378. The number of hydrogen-bond acceptors (Lipinski definition) is 10. The highest BCUT2D eigenvalue weighted by Crippen LogP contribution is 2.36. The van der Waals surface area contributed by atoms with Crippen molar-refractivity contribution in [3.63, 3.8) is 0 Å². The monoisotopic (exact) mass is 1400 g/mol. The summed E-state index contributed by atoms with van der Waals surface area (Å²) in [6.45, 7) is -37.5. The summed E-state index contributed by atoms with van der Waals surface area (Å²) in [4.78, 5) is 63.1. The van der Waals surface area contributed by atoms with Gasteiger partial charge in [-0.1, -0.05) is 155 Å². The highest BCUT2D eigenvalue weighted by atomic mass is 32.2. The molecule has 6 aromatic carbocycles. The molecule has 508 valence electrons. The van der Waals surface area contributed by atoms with Crippen molar-refractivity contribution in [2.75, 3.05) is 52.0 Å². The molecule has 1 atom stereocenters. The molecule has 2 aliphatic carbocycles. The van der Waals surface area contributed by atoms with Gasteiger partial charge in [0.1, 0.15) is 24.7 Å². The van der Waals surface area contributed by atoms with Crippen molar-refractivity contribution in [3.8, 4) is 22.3 Å². The molecule has 0 aliphatic heterocycles. The van der Waals surface area contributed by atoms with E-state index >= 15 is 9.59 Å². The average Bonchev–Trinajstić information content (AvgIpc) is 1.52. The quantitative estimate of drug-likeness (QED) is 0.0295. The van der Waals surface area contributed by atoms with Crippen molar-refractivity contribution in [2.24, 2.45) is 5.89 Å². The predicted octanol–water partition coefficient (Wildman–Crippen LogP) is 15.0. The second-order valence-electron chi connectivity index (χ2n) is 19.6. The summed E-state index contributed by atoms with van der Waals surface area (Å²) in [5.41, 5.74) is -22.3. The molecule has 2 amide bonds. The number of nitrogens with zero attached hydrogens (tertiary/aromatic N) is 8. The summed E-state index contributed by atoms with van der Waals surface area (Å²) in [5, 5.41) is -2.06. The number of carbonyl (C=O) groups excluding carboxylic acids is 2. The van der Waals surface area contributed by atoms with Gasteiger partial charge in [0.2, 0.25) is 11.8 Å². The first-order valence-corrected chi connectivity index (χ1v) is 29.4. The SMILES string of the molecule is [2H]c1c([2H])c(C([2H])([2H])Sc2nc(=O)c3c(n2CC(=O)N(C([2H])([2H])c2c([2H])c([2H])c(-c4c([2H])c([2H])c(C(F)(F)F)c(C)c4[2H])c([2H])c2[2H])C([2H])([2H])C([2H])([2H])N(C([2H])([2H])C)C([2H])([2H])C)CCC3)c([2H])c([2H])c1F.[2H]c1c([2H])c(C([2H])([2H])Sc2nc(=O)c3c(n2CC(=O)N(C([2H])([2H])c2ccc(-c4ccc(C(F)(F)F)cc4)cc2)C([2H])([2H])C([2H])([2H])N(C([2H])([2H])C)C([2H])([2H])C)C([2H])([2H])C([2H])(C)C3([2H])[2H])c([2H])c([2H])c1F. The number of alkyl halides is 6. The maximum absolute atomic E-state index is 15.1. The van der Waals surface area contributed by atoms with E-state index in [0.717, 1.165) is 55.5 Å². The first-order valence-electron chi connectivity index (χ1n) is 49.8. The molecular weight excluding hydrogens is 1280 g/mol. The zero-order valence-electron chi connectivity index (χ0n) is 94.7. The van der Waals surface area contributed by atoms with Crippen LogP contribution in [0.5, 0.6) is 0 Å². The van der Waals surface area contributed by atoms with E-state index in [4.69, 9.17) is 49.3 Å². The van der Waals surface area contributed by atoms with Crippen LogP contribution < -0.4 is 11.1 Å². The molecule has 0 radical (unpaired) electrons. The van der Waals surface area contributed by atoms with Crippen LogP contribution in [0, 0.1) is 24.5 Å². The first-order chi connectivity index (χ1) is 62.8. The maximum Gasteiger partial charge on any atom is 0.416 e. The van der Waals surface area contributed by atoms with Gasteiger partial charge >= 0.3 is 12.4 Å². The number of carbonyl (C=O) groups is 2. The van der Waals surface area contributed by atoms with Gasteiger partial charge in [0.15, 0.2) is 10.3 Å². The minimum absolute atomic E-state index is 0.0428. The number of thioether (sulfide) groups is 2. The highest BCUT2D eigenvalue weighted by molar-refractivity contribution is 7.98. The second-order valence-corrected chi connectivity index (χ2v) is 21.1. The summed E-state index contributed by atoms with van der Waals surface area (Å²) in [7, 11) is 0. The molecule has 22 heteroatoms. The lowest BCUT2D eigenvalue weighted by atomic mass is 9.98. The van der Waals surface area contributed by atoms with Crippen molar-refractivity contribution in [1.82, 2.24) is 38.7 Å². The van der Waals surface area contributed by atoms with Crippen LogP contribution in [0.25, 0.3) is 22.3 Å². The average molecular weight is 1410 g/mol. The van der Waals surface area contributed by atoms with Gasteiger partial charge in [-0.05, 0) is 163 Å². The van der Waals surface area contributed by atoms with Crippen molar-refractivity contribution < 1.29 is 105 Å². The predicted molar refractivity (Wildman–Crippen MR) is 362 cm³/mol. The Balaban J connectivity index is 0.000000313. The van der Waals surface area contributed by atoms with Crippen LogP contribution >= 0.6 is 23.5 Å². The Bertz CT molecular complexity index is 6300. The number of likely N-dealkylation sites (N-methyl/N-ethyl adjacent to an activating group) is 2. The molecule has 10 rings (SSSR count). The molecule has 0 bridgehead atoms. The Morgan fingerprint density at radius 1 is 0.573 bits per heavy atom. The molecule has 8 aromatic rings. The van der Waals surface area contributed by atoms with Gasteiger partial charge in [0.25, 0.3) is 11.1 Å². The van der Waals surface area contributed by atoms with Crippen LogP contribution in [-0.4, -0.2) is 102 Å². The molecule has 2 heterocycles. The van der Waals surface area contributed by atoms with Gasteiger partial charge in [-0.15, -0.1) is 0 Å². The molecule has 0 saturated heterocycles. The minimum Gasteiger partial charge on any atom is -0.336 e. The molecule has 0 saturated carbocycles. The molecule has 2 aliphatic rings. The Morgan fingerprint density at radius 3 is 1.52 bits per heavy atom. The van der Waals surface area contributed by atoms with Crippen molar-refractivity contribution in [2.45, 2.75) is 134 Å². The summed E-state index contributed by atoms with van der Waals surface area (Å²) in [6, 6.07) is -12.8. The van der Waals surface area contributed by atoms with E-state index in [0.29, 0.717) is 39.2 Å². The number of benzene rings is 6. The normalized spacial score (nSPS) is 23.9. The van der Waals surface area contributed by atoms with Gasteiger partial charge in [0.05, 0.1) is 42.7 Å². The summed E-state index contributed by atoms with van der Waals surface area (Å²) in [5.74, 6) is -10.4. The van der Waals surface area contributed by atoms with E-state index in [1.54, 1.807) is 0 Å². The molecule has 96 heavy (non-hydrogen) atoms. The lowest BCUT2D eigenvalue weighted by molar-refractivity contribution is -0.138. The third-order valence-electron chi connectivity index (χ3n) is 13.2. The molecule has 1 unspecified atom stereocenters. The largest absolute Gasteiger partial charge is 0.416 e. The number of halogens is 8. The third-order valence-corrected chi connectivity index (χ3v) is 14.8. The fourth-order valence-corrected chi connectivity index (χ4v) is 10.1. The van der Waals surface area contributed by atoms with Crippen LogP contribution in [0.3, 0.4) is 0 Å². The zero-order chi connectivity index (χ0) is 108. The van der Waals surface area contributed by atoms with Crippen LogP contribution in [0.1, 0.15) is 163 Å². The van der Waals surface area contributed by atoms with Gasteiger partial charge in [-0.2, -0.15) is 36.3 Å². The summed E-state index contributed by atoms with van der Waals surface area (Å²) in [6.07, 6.45) is -16.8. The van der Waals surface area contributed by atoms with E-state index in [2.05, 4.69) is 9.97 Å². The Kier molecular flexibility index (Phi) is 11.7. The molecule has 0 fully saturated rings. The number of hydrogen-bond donors (Lipinski definition) is 0. The topological polar surface area (TPSA) is 117 Å². The van der Waals surface area contributed by atoms with E-state index in [-0.39, 0.29) is 79.5 Å². The third kappa shape index (κ3) is 19.0. The van der Waals surface area contributed by atoms with Crippen LogP contribution in [-0.2, 0) is 85.0 Å². The Labute approximate surface area is 625 Å². The van der Waals surface area contributed by atoms with Crippen molar-refractivity contribution >= 4 is 35.3 Å². The van der Waals surface area contributed by atoms with E-state index in [1.165, 1.54) is 0 Å². The lowest BCUT2D eigenvalue weighted by Gasteiger charge is -2.28. The number of amides is 2. The van der Waals surface area contributed by atoms with Gasteiger partial charge in [-0.3, -0.25) is 19.2 Å². The lowest BCUT2D eigenvalue weighted by Crippen LogP contribution is -2.40. The summed E-state index contributed by atoms with van der Waals surface area (Å²) < 4.78 is 493. The van der Waals surface area contributed by atoms with Crippen molar-refractivity contribution in [1.29, 1.82) is 0 Å². The molecule has 12 nitrogen and oxygen atoms in total. The van der Waals surface area contributed by atoms with Gasteiger partial charge in [-0.25, -0.2) is 8.78 Å². The van der Waals surface area contributed by atoms with E-state index < -0.39 is 327 Å². The Morgan fingerprint density at radius 2 is 1.03 bits per heavy atom. The number of fused-ring (bicyclic) bond motifs is 2. The molecule has 2 aromatic heterocycles. The van der Waals surface area contributed by atoms with Crippen LogP contribution in [0.4, 0.5) is 35.1 Å². The highest BCUT2D eigenvalue weighted by Gasteiger charge is 2.34. The zero-order valence-corrected chi connectivity index (χ0v) is 52.3. The molecule has 0 N–H and O–H groups in total. The van der Waals surface area contributed by atoms with Crippen LogP contribution in [0.15, 0.2) is 159 Å². The fourth-order valence-electron chi connectivity index (χ4n) is 8.71.